The SMILES string of the molecule is CCOc1cc2c(S)csc2cc1Cl. The number of rotatable bonds is 2. The number of benzene rings is 1. The van der Waals surface area contributed by atoms with Crippen molar-refractivity contribution in [2.75, 3.05) is 6.61 Å². The van der Waals surface area contributed by atoms with Crippen LogP contribution in [0, 0.1) is 0 Å². The maximum absolute atomic E-state index is 6.05. The molecule has 0 fully saturated rings. The van der Waals surface area contributed by atoms with Gasteiger partial charge in [0.25, 0.3) is 0 Å². The second kappa shape index (κ2) is 4.01. The van der Waals surface area contributed by atoms with Crippen molar-refractivity contribution in [3.63, 3.8) is 0 Å². The topological polar surface area (TPSA) is 9.23 Å². The largest absolute Gasteiger partial charge is 0.492 e. The first-order valence-electron chi connectivity index (χ1n) is 4.25. The molecule has 0 radical (unpaired) electrons. The molecule has 0 aliphatic heterocycles. The molecule has 1 aromatic heterocycles. The van der Waals surface area contributed by atoms with Crippen molar-refractivity contribution in [1.29, 1.82) is 0 Å². The van der Waals surface area contributed by atoms with Crippen molar-refractivity contribution in [2.24, 2.45) is 0 Å². The second-order valence-electron chi connectivity index (χ2n) is 2.83. The van der Waals surface area contributed by atoms with E-state index in [1.54, 1.807) is 11.3 Å². The van der Waals surface area contributed by atoms with E-state index in [1.807, 2.05) is 24.4 Å². The second-order valence-corrected chi connectivity index (χ2v) is 4.63. The van der Waals surface area contributed by atoms with E-state index in [9.17, 15) is 0 Å². The molecule has 0 saturated heterocycles. The van der Waals surface area contributed by atoms with E-state index in [4.69, 9.17) is 16.3 Å². The fourth-order valence-electron chi connectivity index (χ4n) is 1.28. The third kappa shape index (κ3) is 1.72. The van der Waals surface area contributed by atoms with Gasteiger partial charge in [-0.15, -0.1) is 24.0 Å². The Balaban J connectivity index is 2.61. The zero-order valence-corrected chi connectivity index (χ0v) is 10.0. The van der Waals surface area contributed by atoms with Crippen molar-refractivity contribution in [1.82, 2.24) is 0 Å². The minimum atomic E-state index is 0.622. The van der Waals surface area contributed by atoms with E-state index in [2.05, 4.69) is 12.6 Å². The van der Waals surface area contributed by atoms with Gasteiger partial charge in [0.1, 0.15) is 5.75 Å². The Hall–Kier alpha value is -0.380. The Labute approximate surface area is 97.1 Å². The summed E-state index contributed by atoms with van der Waals surface area (Å²) >= 11 is 12.0. The molecular formula is C10H9ClOS2. The van der Waals surface area contributed by atoms with E-state index in [-0.39, 0.29) is 0 Å². The third-order valence-electron chi connectivity index (χ3n) is 1.91. The molecule has 0 aliphatic rings. The summed E-state index contributed by atoms with van der Waals surface area (Å²) in [4.78, 5) is 0.975. The normalized spacial score (nSPS) is 10.8. The van der Waals surface area contributed by atoms with Gasteiger partial charge in [0.15, 0.2) is 0 Å². The molecular weight excluding hydrogens is 236 g/mol. The van der Waals surface area contributed by atoms with Crippen LogP contribution in [0.5, 0.6) is 5.75 Å². The number of fused-ring (bicyclic) bond motifs is 1. The standard InChI is InChI=1S/C10H9ClOS2/c1-2-12-8-3-6-9(13)5-14-10(6)4-7(8)11/h3-5,13H,2H2,1H3. The number of thiophene rings is 1. The number of hydrogen-bond acceptors (Lipinski definition) is 3. The highest BCUT2D eigenvalue weighted by molar-refractivity contribution is 7.80. The van der Waals surface area contributed by atoms with Gasteiger partial charge in [0, 0.05) is 20.4 Å². The first kappa shape index (κ1) is 10.1. The van der Waals surface area contributed by atoms with Crippen LogP contribution in [0.2, 0.25) is 5.02 Å². The van der Waals surface area contributed by atoms with E-state index in [0.717, 1.165) is 20.7 Å². The molecule has 0 atom stereocenters. The van der Waals surface area contributed by atoms with E-state index in [1.165, 1.54) is 0 Å². The molecule has 1 heterocycles. The van der Waals surface area contributed by atoms with Crippen LogP contribution in [0.3, 0.4) is 0 Å². The summed E-state index contributed by atoms with van der Waals surface area (Å²) in [7, 11) is 0. The van der Waals surface area contributed by atoms with Crippen LogP contribution in [0.25, 0.3) is 10.1 Å². The average molecular weight is 245 g/mol. The summed E-state index contributed by atoms with van der Waals surface area (Å²) in [5.41, 5.74) is 0. The van der Waals surface area contributed by atoms with Crippen molar-refractivity contribution >= 4 is 45.7 Å². The molecule has 0 amide bonds. The Morgan fingerprint density at radius 3 is 3.00 bits per heavy atom. The summed E-state index contributed by atoms with van der Waals surface area (Å²) in [6, 6.07) is 3.87. The van der Waals surface area contributed by atoms with Crippen molar-refractivity contribution < 1.29 is 4.74 Å². The summed E-state index contributed by atoms with van der Waals surface area (Å²) in [6.45, 7) is 2.56. The van der Waals surface area contributed by atoms with Gasteiger partial charge in [-0.25, -0.2) is 0 Å². The molecule has 1 aromatic carbocycles. The van der Waals surface area contributed by atoms with Crippen LogP contribution in [0.15, 0.2) is 22.4 Å². The molecule has 0 N–H and O–H groups in total. The van der Waals surface area contributed by atoms with Gasteiger partial charge in [-0.2, -0.15) is 0 Å². The van der Waals surface area contributed by atoms with Crippen molar-refractivity contribution in [3.8, 4) is 5.75 Å². The Kier molecular flexibility index (Phi) is 2.91. The number of hydrogen-bond donors (Lipinski definition) is 1. The molecule has 0 spiro atoms. The highest BCUT2D eigenvalue weighted by Crippen LogP contribution is 2.36. The zero-order chi connectivity index (χ0) is 10.1. The summed E-state index contributed by atoms with van der Waals surface area (Å²) < 4.78 is 6.55. The van der Waals surface area contributed by atoms with Gasteiger partial charge in [-0.3, -0.25) is 0 Å². The van der Waals surface area contributed by atoms with Crippen molar-refractivity contribution in [3.05, 3.63) is 22.5 Å². The Morgan fingerprint density at radius 2 is 2.29 bits per heavy atom. The third-order valence-corrected chi connectivity index (χ3v) is 3.69. The lowest BCUT2D eigenvalue weighted by Crippen LogP contribution is -1.91. The van der Waals surface area contributed by atoms with Crippen LogP contribution in [-0.4, -0.2) is 6.61 Å². The predicted octanol–water partition coefficient (Wildman–Crippen LogP) is 4.24. The maximum atomic E-state index is 6.05. The lowest BCUT2D eigenvalue weighted by Gasteiger charge is -2.05. The van der Waals surface area contributed by atoms with Gasteiger partial charge in [0.2, 0.25) is 0 Å². The molecule has 2 aromatic rings. The molecule has 2 rings (SSSR count). The zero-order valence-electron chi connectivity index (χ0n) is 7.58. The van der Waals surface area contributed by atoms with Crippen LogP contribution in [0.1, 0.15) is 6.92 Å². The first-order valence-corrected chi connectivity index (χ1v) is 5.95. The average Bonchev–Trinajstić information content (AvgIpc) is 2.49. The van der Waals surface area contributed by atoms with Crippen LogP contribution < -0.4 is 4.74 Å². The minimum Gasteiger partial charge on any atom is -0.492 e. The van der Waals surface area contributed by atoms with Gasteiger partial charge in [-0.05, 0) is 19.1 Å². The minimum absolute atomic E-state index is 0.622. The number of halogens is 1. The lowest BCUT2D eigenvalue weighted by atomic mass is 10.2. The molecule has 74 valence electrons. The fraction of sp³-hybridized carbons (Fsp3) is 0.200. The van der Waals surface area contributed by atoms with Crippen LogP contribution in [0.4, 0.5) is 0 Å². The number of thiol groups is 1. The molecule has 0 unspecified atom stereocenters. The van der Waals surface area contributed by atoms with E-state index < -0.39 is 0 Å². The highest BCUT2D eigenvalue weighted by atomic mass is 35.5. The first-order chi connectivity index (χ1) is 6.72. The Morgan fingerprint density at radius 1 is 1.50 bits per heavy atom. The van der Waals surface area contributed by atoms with E-state index in [0.29, 0.717) is 11.6 Å². The van der Waals surface area contributed by atoms with E-state index >= 15 is 0 Å². The highest BCUT2D eigenvalue weighted by Gasteiger charge is 2.07. The fourth-order valence-corrected chi connectivity index (χ4v) is 2.83. The van der Waals surface area contributed by atoms with Crippen molar-refractivity contribution in [2.45, 2.75) is 11.8 Å². The molecule has 4 heteroatoms. The smallest absolute Gasteiger partial charge is 0.138 e. The molecule has 0 bridgehead atoms. The quantitative estimate of drug-likeness (QED) is 0.778. The summed E-state index contributed by atoms with van der Waals surface area (Å²) in [5.74, 6) is 0.732. The molecule has 1 nitrogen and oxygen atoms in total. The van der Waals surface area contributed by atoms with Crippen LogP contribution >= 0.6 is 35.6 Å². The lowest BCUT2D eigenvalue weighted by molar-refractivity contribution is 0.341. The van der Waals surface area contributed by atoms with Gasteiger partial charge >= 0.3 is 0 Å². The van der Waals surface area contributed by atoms with Gasteiger partial charge < -0.3 is 4.74 Å². The van der Waals surface area contributed by atoms with Gasteiger partial charge in [0.05, 0.1) is 11.6 Å². The Bertz CT molecular complexity index is 464. The number of ether oxygens (including phenoxy) is 1. The maximum Gasteiger partial charge on any atom is 0.138 e. The molecule has 0 saturated carbocycles. The predicted molar refractivity (Wildman–Crippen MR) is 65.3 cm³/mol. The summed E-state index contributed by atoms with van der Waals surface area (Å²) in [5, 5.41) is 3.76. The molecule has 0 aliphatic carbocycles. The molecule has 14 heavy (non-hydrogen) atoms. The van der Waals surface area contributed by atoms with Crippen LogP contribution in [-0.2, 0) is 0 Å². The summed E-state index contributed by atoms with van der Waals surface area (Å²) in [6.07, 6.45) is 0. The monoisotopic (exact) mass is 244 g/mol. The van der Waals surface area contributed by atoms with Gasteiger partial charge in [-0.1, -0.05) is 11.6 Å².